The lowest BCUT2D eigenvalue weighted by atomic mass is 9.33. The molecule has 0 N–H and O–H groups in total. The van der Waals surface area contributed by atoms with Crippen molar-refractivity contribution in [2.45, 2.75) is 225 Å². The molecule has 0 spiro atoms. The van der Waals surface area contributed by atoms with Gasteiger partial charge in [0.2, 0.25) is 0 Å². The minimum atomic E-state index is -0.169. The molecule has 82 heavy (non-hydrogen) atoms. The van der Waals surface area contributed by atoms with Crippen molar-refractivity contribution in [3.8, 4) is 0 Å². The summed E-state index contributed by atoms with van der Waals surface area (Å²) in [5.41, 5.74) is 29.7. The number of fused-ring (bicyclic) bond motifs is 13. The highest BCUT2D eigenvalue weighted by atomic mass is 16.3. The Morgan fingerprint density at radius 1 is 0.427 bits per heavy atom. The van der Waals surface area contributed by atoms with E-state index in [1.807, 2.05) is 0 Å². The predicted molar refractivity (Wildman–Crippen MR) is 351 cm³/mol. The molecule has 0 saturated heterocycles. The van der Waals surface area contributed by atoms with Crippen LogP contribution in [0.5, 0.6) is 0 Å². The molecule has 0 bridgehead atoms. The molecule has 4 nitrogen and oxygen atoms in total. The van der Waals surface area contributed by atoms with Crippen LogP contribution in [0.2, 0.25) is 0 Å². The van der Waals surface area contributed by atoms with E-state index in [1.165, 1.54) is 138 Å². The quantitative estimate of drug-likeness (QED) is 0.165. The Morgan fingerprint density at radius 2 is 0.951 bits per heavy atom. The zero-order valence-corrected chi connectivity index (χ0v) is 52.9. The first-order valence-electron chi connectivity index (χ1n) is 31.5. The summed E-state index contributed by atoms with van der Waals surface area (Å²) in [6.07, 6.45) is 9.32. The molecule has 7 aromatic carbocycles. The van der Waals surface area contributed by atoms with Gasteiger partial charge in [0, 0.05) is 61.7 Å². The second-order valence-electron chi connectivity index (χ2n) is 32.7. The summed E-state index contributed by atoms with van der Waals surface area (Å²) in [6.45, 7) is 44.9. The number of para-hydroxylation sites is 1. The molecule has 7 aliphatic rings. The third kappa shape index (κ3) is 6.92. The van der Waals surface area contributed by atoms with Crippen LogP contribution < -0.4 is 31.1 Å². The number of hydrogen-bond donors (Lipinski definition) is 0. The number of hydrogen-bond acceptors (Lipinski definition) is 4. The van der Waals surface area contributed by atoms with Gasteiger partial charge in [-0.05, 0) is 217 Å². The molecule has 1 fully saturated rings. The smallest absolute Gasteiger partial charge is 0.252 e. The molecule has 4 aliphatic carbocycles. The van der Waals surface area contributed by atoms with Crippen LogP contribution in [0.25, 0.3) is 21.9 Å². The van der Waals surface area contributed by atoms with Gasteiger partial charge in [-0.3, -0.25) is 0 Å². The largest absolute Gasteiger partial charge is 0.456 e. The van der Waals surface area contributed by atoms with E-state index in [1.54, 1.807) is 0 Å². The zero-order valence-electron chi connectivity index (χ0n) is 52.9. The minimum absolute atomic E-state index is 0.00583. The molecule has 420 valence electrons. The van der Waals surface area contributed by atoms with E-state index in [4.69, 9.17) is 4.42 Å². The highest BCUT2D eigenvalue weighted by molar-refractivity contribution is 7.00. The maximum atomic E-state index is 6.64. The van der Waals surface area contributed by atoms with Crippen LogP contribution in [0.1, 0.15) is 219 Å². The molecular formula is C77H88BN3O. The van der Waals surface area contributed by atoms with E-state index in [2.05, 4.69) is 249 Å². The lowest BCUT2D eigenvalue weighted by Gasteiger charge is -2.51. The Bertz CT molecular complexity index is 4130. The molecule has 4 heterocycles. The van der Waals surface area contributed by atoms with Crippen molar-refractivity contribution in [1.82, 2.24) is 0 Å². The van der Waals surface area contributed by atoms with E-state index in [0.717, 1.165) is 47.6 Å². The SMILES string of the molecule is Cc1cc2c(cc1N1c3cc4c(cc3B3c5cc6c(cc5N(c5ccc7oc8ccccc8c7c5)c5cc(N7c8ccc(C(C)(C)C)cc8C8(C)CCCCC78C)cc1c53)C(C)(C)CC6(C)C)C(C)(C)CCC4(C)C)C(C)(C)CC2(C)C. The zero-order chi connectivity index (χ0) is 57.8. The third-order valence-electron chi connectivity index (χ3n) is 23.3. The lowest BCUT2D eigenvalue weighted by Crippen LogP contribution is -2.62. The highest BCUT2D eigenvalue weighted by Crippen LogP contribution is 2.63. The first kappa shape index (κ1) is 52.6. The van der Waals surface area contributed by atoms with Crippen LogP contribution >= 0.6 is 0 Å². The summed E-state index contributed by atoms with van der Waals surface area (Å²) in [5, 5.41) is 2.31. The van der Waals surface area contributed by atoms with E-state index in [0.29, 0.717) is 0 Å². The van der Waals surface area contributed by atoms with Crippen LogP contribution in [0.4, 0.5) is 45.5 Å². The van der Waals surface area contributed by atoms with Gasteiger partial charge in [-0.15, -0.1) is 0 Å². The van der Waals surface area contributed by atoms with Crippen molar-refractivity contribution >= 4 is 90.5 Å². The fraction of sp³-hybridized carbons (Fsp3) is 0.455. The highest BCUT2D eigenvalue weighted by Gasteiger charge is 2.59. The minimum Gasteiger partial charge on any atom is -0.456 e. The molecule has 8 aromatic rings. The van der Waals surface area contributed by atoms with Crippen molar-refractivity contribution in [3.63, 3.8) is 0 Å². The summed E-state index contributed by atoms with van der Waals surface area (Å²) in [6, 6.07) is 44.8. The van der Waals surface area contributed by atoms with E-state index < -0.39 is 0 Å². The van der Waals surface area contributed by atoms with Gasteiger partial charge in [0.25, 0.3) is 6.71 Å². The first-order chi connectivity index (χ1) is 38.4. The third-order valence-corrected chi connectivity index (χ3v) is 23.3. The van der Waals surface area contributed by atoms with E-state index >= 15 is 0 Å². The molecule has 0 amide bonds. The fourth-order valence-corrected chi connectivity index (χ4v) is 19.0. The van der Waals surface area contributed by atoms with Gasteiger partial charge in [0.15, 0.2) is 0 Å². The molecule has 2 atom stereocenters. The van der Waals surface area contributed by atoms with Crippen molar-refractivity contribution in [1.29, 1.82) is 0 Å². The average Bonchev–Trinajstić information content (AvgIpc) is 1.28. The molecule has 0 radical (unpaired) electrons. The molecule has 1 saturated carbocycles. The van der Waals surface area contributed by atoms with Gasteiger partial charge in [-0.1, -0.05) is 172 Å². The monoisotopic (exact) mass is 1080 g/mol. The number of nitrogens with zero attached hydrogens (tertiary/aromatic N) is 3. The van der Waals surface area contributed by atoms with Crippen molar-refractivity contribution in [3.05, 3.63) is 159 Å². The molecule has 1 aromatic heterocycles. The Kier molecular flexibility index (Phi) is 10.4. The maximum Gasteiger partial charge on any atom is 0.252 e. The van der Waals surface area contributed by atoms with Crippen LogP contribution in [0, 0.1) is 6.92 Å². The van der Waals surface area contributed by atoms with Crippen molar-refractivity contribution in [2.75, 3.05) is 14.7 Å². The Hall–Kier alpha value is -6.20. The summed E-state index contributed by atoms with van der Waals surface area (Å²) in [7, 11) is 0. The maximum absolute atomic E-state index is 6.64. The van der Waals surface area contributed by atoms with Crippen molar-refractivity contribution < 1.29 is 4.42 Å². The number of rotatable bonds is 3. The normalized spacial score (nSPS) is 24.2. The van der Waals surface area contributed by atoms with E-state index in [9.17, 15) is 0 Å². The Labute approximate surface area is 491 Å². The van der Waals surface area contributed by atoms with Gasteiger partial charge in [-0.25, -0.2) is 0 Å². The molecular weight excluding hydrogens is 994 g/mol. The topological polar surface area (TPSA) is 22.9 Å². The van der Waals surface area contributed by atoms with Crippen LogP contribution in [-0.2, 0) is 43.3 Å². The fourth-order valence-electron chi connectivity index (χ4n) is 19.0. The summed E-state index contributed by atoms with van der Waals surface area (Å²) >= 11 is 0. The van der Waals surface area contributed by atoms with Gasteiger partial charge >= 0.3 is 0 Å². The molecule has 15 rings (SSSR count). The number of anilines is 8. The Morgan fingerprint density at radius 3 is 1.59 bits per heavy atom. The Balaban J connectivity index is 1.12. The number of benzene rings is 7. The van der Waals surface area contributed by atoms with Gasteiger partial charge < -0.3 is 19.1 Å². The number of aryl methyl sites for hydroxylation is 1. The first-order valence-corrected chi connectivity index (χ1v) is 31.5. The molecule has 3 aliphatic heterocycles. The number of furan rings is 1. The van der Waals surface area contributed by atoms with E-state index in [-0.39, 0.29) is 55.6 Å². The van der Waals surface area contributed by atoms with Crippen LogP contribution in [-0.4, -0.2) is 12.3 Å². The van der Waals surface area contributed by atoms with Crippen LogP contribution in [0.15, 0.2) is 114 Å². The summed E-state index contributed by atoms with van der Waals surface area (Å²) in [5.74, 6) is 0. The van der Waals surface area contributed by atoms with Gasteiger partial charge in [-0.2, -0.15) is 0 Å². The molecule has 5 heteroatoms. The van der Waals surface area contributed by atoms with Gasteiger partial charge in [0.1, 0.15) is 11.2 Å². The summed E-state index contributed by atoms with van der Waals surface area (Å²) < 4.78 is 6.64. The second-order valence-corrected chi connectivity index (χ2v) is 32.7. The van der Waals surface area contributed by atoms with Gasteiger partial charge in [0.05, 0.1) is 5.54 Å². The summed E-state index contributed by atoms with van der Waals surface area (Å²) in [4.78, 5) is 8.43. The predicted octanol–water partition coefficient (Wildman–Crippen LogP) is 19.3. The standard InChI is InChI=1S/C77H88BN3O/c1-45-33-51-55(74(13,14)43-72(51,9)10)40-61(45)80-63-41-54-52(70(5,6)31-32-71(54,7)8)38-59(63)78-58-39-53-56(75(15,16)44-73(53,11)12)42-62(58)79(47-26-28-67-50(35-47)49-23-19-20-24-66(49)82-67)64-36-48(37-65(80)68(64)78)81-60-27-25-46(69(2,3)4)34-57(60)76(17)29-21-22-30-77(76,81)18/h19-20,23-28,33-42H,21-22,29-32,43-44H2,1-18H3. The van der Waals surface area contributed by atoms with Crippen LogP contribution in [0.3, 0.4) is 0 Å². The average molecular weight is 1080 g/mol. The van der Waals surface area contributed by atoms with Crippen molar-refractivity contribution in [2.24, 2.45) is 0 Å². The lowest BCUT2D eigenvalue weighted by molar-refractivity contribution is 0.195. The molecule has 2 unspecified atom stereocenters. The second kappa shape index (κ2) is 16.2.